The highest BCUT2D eigenvalue weighted by Crippen LogP contribution is 2.27. The van der Waals surface area contributed by atoms with E-state index in [0.29, 0.717) is 35.7 Å². The van der Waals surface area contributed by atoms with Crippen molar-refractivity contribution in [3.63, 3.8) is 0 Å². The molecule has 1 aliphatic rings. The molecular weight excluding hydrogens is 367 g/mol. The summed E-state index contributed by atoms with van der Waals surface area (Å²) in [6, 6.07) is 10.3. The maximum atomic E-state index is 13.1. The number of anilines is 2. The van der Waals surface area contributed by atoms with Gasteiger partial charge in [-0.2, -0.15) is 0 Å². The molecule has 0 bridgehead atoms. The van der Waals surface area contributed by atoms with Gasteiger partial charge in [-0.25, -0.2) is 9.18 Å². The molecule has 3 rings (SSSR count). The van der Waals surface area contributed by atoms with E-state index in [1.165, 1.54) is 29.2 Å². The molecule has 2 N–H and O–H groups in total. The van der Waals surface area contributed by atoms with Gasteiger partial charge in [-0.05, 0) is 61.4 Å². The molecule has 1 aliphatic heterocycles. The van der Waals surface area contributed by atoms with Crippen molar-refractivity contribution in [3.8, 4) is 5.75 Å². The topological polar surface area (TPSA) is 95.9 Å². The monoisotopic (exact) mass is 386 g/mol. The lowest BCUT2D eigenvalue weighted by Crippen LogP contribution is -2.33. The van der Waals surface area contributed by atoms with Gasteiger partial charge in [-0.15, -0.1) is 0 Å². The number of nitrogens with zero attached hydrogens (tertiary/aromatic N) is 1. The molecule has 28 heavy (non-hydrogen) atoms. The van der Waals surface area contributed by atoms with Crippen LogP contribution in [-0.4, -0.2) is 36.0 Å². The highest BCUT2D eigenvalue weighted by molar-refractivity contribution is 6.13. The third-order valence-electron chi connectivity index (χ3n) is 4.48. The maximum absolute atomic E-state index is 13.1. The first-order valence-electron chi connectivity index (χ1n) is 8.68. The van der Waals surface area contributed by atoms with Crippen molar-refractivity contribution in [1.29, 1.82) is 0 Å². The summed E-state index contributed by atoms with van der Waals surface area (Å²) < 4.78 is 18.2. The van der Waals surface area contributed by atoms with Crippen molar-refractivity contribution < 1.29 is 28.6 Å². The van der Waals surface area contributed by atoms with Gasteiger partial charge in [-0.3, -0.25) is 9.59 Å². The molecule has 1 heterocycles. The Morgan fingerprint density at radius 2 is 1.96 bits per heavy atom. The largest absolute Gasteiger partial charge is 0.482 e. The Kier molecular flexibility index (Phi) is 5.58. The number of amides is 2. The normalized spacial score (nSPS) is 16.1. The molecule has 2 aromatic carbocycles. The zero-order valence-electron chi connectivity index (χ0n) is 15.1. The van der Waals surface area contributed by atoms with E-state index in [1.807, 2.05) is 0 Å². The van der Waals surface area contributed by atoms with Crippen LogP contribution >= 0.6 is 0 Å². The number of halogens is 1. The van der Waals surface area contributed by atoms with Gasteiger partial charge in [0.1, 0.15) is 17.5 Å². The number of carboxylic acids is 1. The van der Waals surface area contributed by atoms with Crippen LogP contribution in [0.3, 0.4) is 0 Å². The quantitative estimate of drug-likeness (QED) is 0.744. The van der Waals surface area contributed by atoms with Crippen molar-refractivity contribution in [2.45, 2.75) is 13.3 Å². The van der Waals surface area contributed by atoms with Crippen LogP contribution in [-0.2, 0) is 14.4 Å². The fourth-order valence-corrected chi connectivity index (χ4v) is 3.03. The Bertz CT molecular complexity index is 913. The number of aliphatic carboxylic acids is 1. The van der Waals surface area contributed by atoms with Crippen LogP contribution in [0.4, 0.5) is 15.8 Å². The molecule has 7 nitrogen and oxygen atoms in total. The summed E-state index contributed by atoms with van der Waals surface area (Å²) in [5.74, 6) is -2.68. The van der Waals surface area contributed by atoms with Crippen molar-refractivity contribution >= 4 is 29.2 Å². The number of hydrogen-bond donors (Lipinski definition) is 2. The lowest BCUT2D eigenvalue weighted by atomic mass is 10.1. The number of aryl methyl sites for hydroxylation is 1. The van der Waals surface area contributed by atoms with Crippen LogP contribution in [0.25, 0.3) is 0 Å². The SMILES string of the molecule is Cc1cc(OCC(=O)O)ccc1NC(=O)C1CCN(c2ccc(F)cc2)C1=O. The standard InChI is InChI=1S/C20H19FN2O5/c1-12-10-15(28-11-18(24)25)6-7-17(12)22-19(26)16-8-9-23(20(16)27)14-4-2-13(21)3-5-14/h2-7,10,16H,8-9,11H2,1H3,(H,22,26)(H,24,25). The van der Waals surface area contributed by atoms with E-state index < -0.39 is 30.2 Å². The Morgan fingerprint density at radius 3 is 2.61 bits per heavy atom. The number of carboxylic acid groups (broad SMARTS) is 1. The first-order chi connectivity index (χ1) is 13.3. The number of carbonyl (C=O) groups is 3. The average molecular weight is 386 g/mol. The molecule has 0 aromatic heterocycles. The van der Waals surface area contributed by atoms with E-state index in [2.05, 4.69) is 5.32 Å². The van der Waals surface area contributed by atoms with Crippen LogP contribution < -0.4 is 15.0 Å². The molecule has 0 spiro atoms. The number of ether oxygens (including phenoxy) is 1. The summed E-state index contributed by atoms with van der Waals surface area (Å²) in [6.45, 7) is 1.66. The predicted molar refractivity (Wildman–Crippen MR) is 99.8 cm³/mol. The fraction of sp³-hybridized carbons (Fsp3) is 0.250. The van der Waals surface area contributed by atoms with Gasteiger partial charge in [0.05, 0.1) is 0 Å². The second kappa shape index (κ2) is 8.08. The maximum Gasteiger partial charge on any atom is 0.341 e. The van der Waals surface area contributed by atoms with Gasteiger partial charge in [-0.1, -0.05) is 0 Å². The number of nitrogens with one attached hydrogen (secondary N) is 1. The minimum absolute atomic E-state index is 0.330. The van der Waals surface area contributed by atoms with E-state index in [1.54, 1.807) is 25.1 Å². The molecule has 2 aromatic rings. The summed E-state index contributed by atoms with van der Waals surface area (Å²) in [6.07, 6.45) is 0.362. The van der Waals surface area contributed by atoms with Gasteiger partial charge in [0.15, 0.2) is 6.61 Å². The Hall–Kier alpha value is -3.42. The first-order valence-corrected chi connectivity index (χ1v) is 8.68. The number of hydrogen-bond acceptors (Lipinski definition) is 4. The fourth-order valence-electron chi connectivity index (χ4n) is 3.03. The van der Waals surface area contributed by atoms with E-state index in [-0.39, 0.29) is 5.91 Å². The predicted octanol–water partition coefficient (Wildman–Crippen LogP) is 2.59. The van der Waals surface area contributed by atoms with Gasteiger partial charge in [0, 0.05) is 17.9 Å². The van der Waals surface area contributed by atoms with Gasteiger partial charge < -0.3 is 20.1 Å². The molecule has 1 unspecified atom stereocenters. The van der Waals surface area contributed by atoms with Gasteiger partial charge >= 0.3 is 5.97 Å². The number of rotatable bonds is 6. The molecule has 8 heteroatoms. The molecule has 1 saturated heterocycles. The smallest absolute Gasteiger partial charge is 0.341 e. The molecule has 0 aliphatic carbocycles. The average Bonchev–Trinajstić information content (AvgIpc) is 3.04. The number of benzene rings is 2. The summed E-state index contributed by atoms with van der Waals surface area (Å²) in [7, 11) is 0. The van der Waals surface area contributed by atoms with Crippen molar-refractivity contribution in [2.75, 3.05) is 23.4 Å². The summed E-state index contributed by atoms with van der Waals surface area (Å²) in [5, 5.41) is 11.4. The minimum Gasteiger partial charge on any atom is -0.482 e. The lowest BCUT2D eigenvalue weighted by molar-refractivity contribution is -0.139. The summed E-state index contributed by atoms with van der Waals surface area (Å²) in [4.78, 5) is 37.2. The van der Waals surface area contributed by atoms with Crippen LogP contribution in [0.2, 0.25) is 0 Å². The zero-order chi connectivity index (χ0) is 20.3. The van der Waals surface area contributed by atoms with Crippen LogP contribution in [0.5, 0.6) is 5.75 Å². The second-order valence-electron chi connectivity index (χ2n) is 6.46. The van der Waals surface area contributed by atoms with Crippen molar-refractivity contribution in [2.24, 2.45) is 5.92 Å². The third kappa shape index (κ3) is 4.28. The number of carbonyl (C=O) groups excluding carboxylic acids is 2. The second-order valence-corrected chi connectivity index (χ2v) is 6.46. The highest BCUT2D eigenvalue weighted by atomic mass is 19.1. The molecule has 0 saturated carbocycles. The molecular formula is C20H19FN2O5. The van der Waals surface area contributed by atoms with Gasteiger partial charge in [0.2, 0.25) is 11.8 Å². The molecule has 2 amide bonds. The molecule has 0 radical (unpaired) electrons. The summed E-state index contributed by atoms with van der Waals surface area (Å²) >= 11 is 0. The van der Waals surface area contributed by atoms with Crippen molar-refractivity contribution in [1.82, 2.24) is 0 Å². The molecule has 146 valence electrons. The molecule has 1 fully saturated rings. The summed E-state index contributed by atoms with van der Waals surface area (Å²) in [5.41, 5.74) is 1.75. The Balaban J connectivity index is 1.65. The Labute approximate surface area is 160 Å². The molecule has 1 atom stereocenters. The third-order valence-corrected chi connectivity index (χ3v) is 4.48. The first kappa shape index (κ1) is 19.3. The van der Waals surface area contributed by atoms with E-state index in [4.69, 9.17) is 9.84 Å². The highest BCUT2D eigenvalue weighted by Gasteiger charge is 2.37. The van der Waals surface area contributed by atoms with E-state index in [9.17, 15) is 18.8 Å². The zero-order valence-corrected chi connectivity index (χ0v) is 15.1. The Morgan fingerprint density at radius 1 is 1.25 bits per heavy atom. The van der Waals surface area contributed by atoms with E-state index >= 15 is 0 Å². The van der Waals surface area contributed by atoms with Crippen LogP contribution in [0.1, 0.15) is 12.0 Å². The van der Waals surface area contributed by atoms with Crippen LogP contribution in [0.15, 0.2) is 42.5 Å². The van der Waals surface area contributed by atoms with E-state index in [0.717, 1.165) is 0 Å². The lowest BCUT2D eigenvalue weighted by Gasteiger charge is -2.17. The van der Waals surface area contributed by atoms with Crippen LogP contribution in [0, 0.1) is 18.7 Å². The van der Waals surface area contributed by atoms with Crippen molar-refractivity contribution in [3.05, 3.63) is 53.8 Å². The minimum atomic E-state index is -1.08. The van der Waals surface area contributed by atoms with Gasteiger partial charge in [0.25, 0.3) is 0 Å².